The number of ether oxygens (including phenoxy) is 3. The summed E-state index contributed by atoms with van der Waals surface area (Å²) >= 11 is 5.36. The van der Waals surface area contributed by atoms with Crippen molar-refractivity contribution in [3.8, 4) is 0 Å². The van der Waals surface area contributed by atoms with Gasteiger partial charge in [-0.2, -0.15) is 0 Å². The largest absolute Gasteiger partial charge is 0.509 e. The van der Waals surface area contributed by atoms with Crippen molar-refractivity contribution in [2.45, 2.75) is 19.4 Å². The standard InChI is InChI=1S/C9H13ClO5.C5H5N/c1-6(2)8(11)13-4-5-14-9(12)15-7(3)10;1-2-4-6-5-3-1/h7H,1,4-5H2,2-3H3;1-5H. The zero-order valence-electron chi connectivity index (χ0n) is 12.0. The van der Waals surface area contributed by atoms with Gasteiger partial charge >= 0.3 is 12.1 Å². The van der Waals surface area contributed by atoms with Crippen LogP contribution in [0.5, 0.6) is 0 Å². The summed E-state index contributed by atoms with van der Waals surface area (Å²) in [4.78, 5) is 25.4. The van der Waals surface area contributed by atoms with Crippen molar-refractivity contribution in [1.29, 1.82) is 0 Å². The Bertz CT molecular complexity index is 410. The van der Waals surface area contributed by atoms with Crippen molar-refractivity contribution >= 4 is 23.7 Å². The Labute approximate surface area is 128 Å². The van der Waals surface area contributed by atoms with Crippen molar-refractivity contribution in [3.05, 3.63) is 42.7 Å². The van der Waals surface area contributed by atoms with E-state index >= 15 is 0 Å². The van der Waals surface area contributed by atoms with Gasteiger partial charge in [0.25, 0.3) is 0 Å². The van der Waals surface area contributed by atoms with Gasteiger partial charge in [-0.1, -0.05) is 24.2 Å². The van der Waals surface area contributed by atoms with Crippen LogP contribution in [0.25, 0.3) is 0 Å². The number of carbonyl (C=O) groups excluding carboxylic acids is 2. The quantitative estimate of drug-likeness (QED) is 0.360. The van der Waals surface area contributed by atoms with Gasteiger partial charge in [0.15, 0.2) is 5.56 Å². The van der Waals surface area contributed by atoms with Crippen LogP contribution in [0.1, 0.15) is 13.8 Å². The summed E-state index contributed by atoms with van der Waals surface area (Å²) in [5.74, 6) is -0.530. The first kappa shape index (κ1) is 18.9. The molecule has 0 saturated heterocycles. The van der Waals surface area contributed by atoms with E-state index in [-0.39, 0.29) is 18.8 Å². The number of nitrogens with zero attached hydrogens (tertiary/aromatic N) is 1. The van der Waals surface area contributed by atoms with Crippen molar-refractivity contribution in [2.24, 2.45) is 0 Å². The molecule has 1 unspecified atom stereocenters. The van der Waals surface area contributed by atoms with Crippen molar-refractivity contribution in [3.63, 3.8) is 0 Å². The van der Waals surface area contributed by atoms with Crippen LogP contribution in [0.2, 0.25) is 0 Å². The SMILES string of the molecule is C=C(C)C(=O)OCCOC(=O)OC(C)Cl.c1ccncc1. The fourth-order valence-corrected chi connectivity index (χ4v) is 0.935. The molecule has 0 radical (unpaired) electrons. The minimum atomic E-state index is -0.899. The molecule has 0 bridgehead atoms. The highest BCUT2D eigenvalue weighted by molar-refractivity contribution is 6.19. The van der Waals surface area contributed by atoms with Crippen LogP contribution in [0.3, 0.4) is 0 Å². The number of aromatic nitrogens is 1. The highest BCUT2D eigenvalue weighted by Gasteiger charge is 2.08. The van der Waals surface area contributed by atoms with Crippen LogP contribution in [0.15, 0.2) is 42.7 Å². The number of hydrogen-bond acceptors (Lipinski definition) is 6. The van der Waals surface area contributed by atoms with E-state index < -0.39 is 17.7 Å². The summed E-state index contributed by atoms with van der Waals surface area (Å²) in [7, 11) is 0. The molecule has 6 nitrogen and oxygen atoms in total. The highest BCUT2D eigenvalue weighted by Crippen LogP contribution is 1.98. The molecule has 0 amide bonds. The molecule has 1 heterocycles. The molecule has 0 aliphatic rings. The monoisotopic (exact) mass is 315 g/mol. The average Bonchev–Trinajstić information content (AvgIpc) is 2.45. The van der Waals surface area contributed by atoms with E-state index in [4.69, 9.17) is 11.6 Å². The molecular formula is C14H18ClNO5. The van der Waals surface area contributed by atoms with Gasteiger partial charge in [0.05, 0.1) is 0 Å². The number of hydrogen-bond donors (Lipinski definition) is 0. The normalized spacial score (nSPS) is 10.4. The van der Waals surface area contributed by atoms with Crippen LogP contribution in [0, 0.1) is 0 Å². The van der Waals surface area contributed by atoms with Gasteiger partial charge < -0.3 is 14.2 Å². The van der Waals surface area contributed by atoms with Gasteiger partial charge in [-0.3, -0.25) is 4.98 Å². The van der Waals surface area contributed by atoms with E-state index in [0.717, 1.165) is 0 Å². The Morgan fingerprint density at radius 3 is 2.14 bits per heavy atom. The van der Waals surface area contributed by atoms with Crippen LogP contribution >= 0.6 is 11.6 Å². The van der Waals surface area contributed by atoms with Gasteiger partial charge in [-0.15, -0.1) is 0 Å². The maximum Gasteiger partial charge on any atom is 0.509 e. The molecule has 0 aliphatic carbocycles. The number of pyridine rings is 1. The Morgan fingerprint density at radius 1 is 1.19 bits per heavy atom. The lowest BCUT2D eigenvalue weighted by molar-refractivity contribution is -0.140. The average molecular weight is 316 g/mol. The van der Waals surface area contributed by atoms with Crippen molar-refractivity contribution in [1.82, 2.24) is 4.98 Å². The molecule has 1 rings (SSSR count). The maximum absolute atomic E-state index is 10.9. The molecule has 0 spiro atoms. The van der Waals surface area contributed by atoms with Gasteiger partial charge in [0.2, 0.25) is 0 Å². The zero-order valence-corrected chi connectivity index (χ0v) is 12.7. The fraction of sp³-hybridized carbons (Fsp3) is 0.357. The van der Waals surface area contributed by atoms with Crippen molar-refractivity contribution < 1.29 is 23.8 Å². The number of carbonyl (C=O) groups is 2. The molecule has 1 atom stereocenters. The first-order valence-corrected chi connectivity index (χ1v) is 6.52. The lowest BCUT2D eigenvalue weighted by Crippen LogP contribution is -2.16. The molecule has 0 aliphatic heterocycles. The number of esters is 1. The Morgan fingerprint density at radius 2 is 1.76 bits per heavy atom. The lowest BCUT2D eigenvalue weighted by atomic mass is 10.4. The van der Waals surface area contributed by atoms with E-state index in [1.54, 1.807) is 12.4 Å². The number of alkyl halides is 1. The molecule has 0 aromatic carbocycles. The highest BCUT2D eigenvalue weighted by atomic mass is 35.5. The second kappa shape index (κ2) is 11.7. The third-order valence-corrected chi connectivity index (χ3v) is 1.80. The third-order valence-electron chi connectivity index (χ3n) is 1.71. The Hall–Kier alpha value is -2.08. The molecule has 0 saturated carbocycles. The van der Waals surface area contributed by atoms with Crippen LogP contribution < -0.4 is 0 Å². The summed E-state index contributed by atoms with van der Waals surface area (Å²) in [6.45, 7) is 6.25. The topological polar surface area (TPSA) is 74.7 Å². The van der Waals surface area contributed by atoms with E-state index in [1.807, 2.05) is 18.2 Å². The molecule has 1 aromatic heterocycles. The van der Waals surface area contributed by atoms with Gasteiger partial charge in [0, 0.05) is 18.0 Å². The van der Waals surface area contributed by atoms with Gasteiger partial charge in [0.1, 0.15) is 13.2 Å². The predicted molar refractivity (Wildman–Crippen MR) is 77.8 cm³/mol. The van der Waals surface area contributed by atoms with Gasteiger partial charge in [-0.25, -0.2) is 9.59 Å². The summed E-state index contributed by atoms with van der Waals surface area (Å²) in [5.41, 5.74) is -0.470. The minimum absolute atomic E-state index is 0.0442. The summed E-state index contributed by atoms with van der Waals surface area (Å²) in [5, 5.41) is 0. The predicted octanol–water partition coefficient (Wildman–Crippen LogP) is 2.93. The number of rotatable bonds is 5. The number of halogens is 1. The molecular weight excluding hydrogens is 298 g/mol. The fourth-order valence-electron chi connectivity index (χ4n) is 0.862. The zero-order chi connectivity index (χ0) is 16.1. The Kier molecular flexibility index (Phi) is 10.6. The lowest BCUT2D eigenvalue weighted by Gasteiger charge is -2.07. The van der Waals surface area contributed by atoms with E-state index in [0.29, 0.717) is 0 Å². The third kappa shape index (κ3) is 12.7. The van der Waals surface area contributed by atoms with Crippen LogP contribution in [-0.4, -0.2) is 35.9 Å². The molecule has 1 aromatic rings. The van der Waals surface area contributed by atoms with Crippen molar-refractivity contribution in [2.75, 3.05) is 13.2 Å². The Balaban J connectivity index is 0.000000547. The summed E-state index contributed by atoms with van der Waals surface area (Å²) < 4.78 is 13.6. The van der Waals surface area contributed by atoms with Crippen LogP contribution in [-0.2, 0) is 19.0 Å². The molecule has 21 heavy (non-hydrogen) atoms. The first-order valence-electron chi connectivity index (χ1n) is 6.08. The molecule has 116 valence electrons. The van der Waals surface area contributed by atoms with Crippen LogP contribution in [0.4, 0.5) is 4.79 Å². The summed E-state index contributed by atoms with van der Waals surface area (Å²) in [6.07, 6.45) is 2.60. The molecule has 0 fully saturated rings. The second-order valence-electron chi connectivity index (χ2n) is 3.70. The summed E-state index contributed by atoms with van der Waals surface area (Å²) in [6, 6.07) is 5.72. The molecule has 0 N–H and O–H groups in total. The smallest absolute Gasteiger partial charge is 0.459 e. The van der Waals surface area contributed by atoms with E-state index in [2.05, 4.69) is 25.8 Å². The van der Waals surface area contributed by atoms with E-state index in [1.165, 1.54) is 13.8 Å². The first-order chi connectivity index (χ1) is 9.93. The molecule has 7 heteroatoms. The van der Waals surface area contributed by atoms with E-state index in [9.17, 15) is 9.59 Å². The second-order valence-corrected chi connectivity index (χ2v) is 4.31. The van der Waals surface area contributed by atoms with Gasteiger partial charge in [-0.05, 0) is 26.0 Å². The maximum atomic E-state index is 10.9. The minimum Gasteiger partial charge on any atom is -0.459 e.